The normalized spacial score (nSPS) is 16.5. The van der Waals surface area contributed by atoms with Crippen molar-refractivity contribution in [2.75, 3.05) is 25.0 Å². The Balaban J connectivity index is 1.68. The van der Waals surface area contributed by atoms with Crippen LogP contribution in [0, 0.1) is 0 Å². The highest BCUT2D eigenvalue weighted by Crippen LogP contribution is 2.33. The predicted octanol–water partition coefficient (Wildman–Crippen LogP) is 4.49. The predicted molar refractivity (Wildman–Crippen MR) is 124 cm³/mol. The molecule has 0 saturated carbocycles. The molecule has 0 aliphatic carbocycles. The van der Waals surface area contributed by atoms with Crippen molar-refractivity contribution in [3.8, 4) is 0 Å². The first-order chi connectivity index (χ1) is 15.1. The molecule has 1 N–H and O–H groups in total. The molecule has 0 aromatic carbocycles. The summed E-state index contributed by atoms with van der Waals surface area (Å²) in [6, 6.07) is 6.03. The van der Waals surface area contributed by atoms with Gasteiger partial charge in [0, 0.05) is 44.6 Å². The van der Waals surface area contributed by atoms with Crippen molar-refractivity contribution in [2.45, 2.75) is 45.7 Å². The standard InChI is InChI=1S/C22H28BrN7O/c1-3-28(4-2)22(31)29-11-6-5-9-19(29)18-12-20(25-14-16-8-7-10-24-13-16)30-21(27-18)17(23)15-26-30/h7-8,10,12-13,15,19,25H,3-6,9,11,14H2,1-2H3. The third kappa shape index (κ3) is 4.51. The fourth-order valence-corrected chi connectivity index (χ4v) is 4.44. The van der Waals surface area contributed by atoms with Crippen molar-refractivity contribution in [3.05, 3.63) is 52.5 Å². The van der Waals surface area contributed by atoms with E-state index in [0.717, 1.165) is 53.0 Å². The van der Waals surface area contributed by atoms with Gasteiger partial charge in [-0.1, -0.05) is 6.07 Å². The molecule has 0 bridgehead atoms. The molecule has 3 aromatic heterocycles. The van der Waals surface area contributed by atoms with E-state index in [4.69, 9.17) is 4.98 Å². The number of amides is 2. The summed E-state index contributed by atoms with van der Waals surface area (Å²) in [5.74, 6) is 0.843. The van der Waals surface area contributed by atoms with Crippen LogP contribution in [0.3, 0.4) is 0 Å². The number of carbonyl (C=O) groups excluding carboxylic acids is 1. The van der Waals surface area contributed by atoms with Crippen LogP contribution in [-0.4, -0.2) is 55.0 Å². The Kier molecular flexibility index (Phi) is 6.70. The summed E-state index contributed by atoms with van der Waals surface area (Å²) < 4.78 is 2.62. The van der Waals surface area contributed by atoms with Gasteiger partial charge in [0.2, 0.25) is 0 Å². The highest BCUT2D eigenvalue weighted by Gasteiger charge is 2.32. The van der Waals surface area contributed by atoms with Gasteiger partial charge in [0.1, 0.15) is 5.82 Å². The number of aromatic nitrogens is 4. The lowest BCUT2D eigenvalue weighted by atomic mass is 9.99. The molecule has 9 heteroatoms. The minimum absolute atomic E-state index is 0.0485. The quantitative estimate of drug-likeness (QED) is 0.556. The van der Waals surface area contributed by atoms with Crippen molar-refractivity contribution in [1.82, 2.24) is 29.4 Å². The first-order valence-electron chi connectivity index (χ1n) is 10.8. The fourth-order valence-electron chi connectivity index (χ4n) is 4.09. The number of anilines is 1. The topological polar surface area (TPSA) is 78.7 Å². The van der Waals surface area contributed by atoms with E-state index in [2.05, 4.69) is 31.3 Å². The van der Waals surface area contributed by atoms with Crippen LogP contribution in [0.25, 0.3) is 5.65 Å². The summed E-state index contributed by atoms with van der Waals surface area (Å²) in [4.78, 5) is 26.2. The number of nitrogens with one attached hydrogen (secondary N) is 1. The first-order valence-corrected chi connectivity index (χ1v) is 11.6. The molecule has 0 radical (unpaired) electrons. The Morgan fingerprint density at radius 1 is 1.29 bits per heavy atom. The van der Waals surface area contributed by atoms with Crippen LogP contribution in [0.5, 0.6) is 0 Å². The van der Waals surface area contributed by atoms with Gasteiger partial charge in [-0.25, -0.2) is 9.78 Å². The van der Waals surface area contributed by atoms with Crippen molar-refractivity contribution in [3.63, 3.8) is 0 Å². The maximum absolute atomic E-state index is 13.2. The van der Waals surface area contributed by atoms with Gasteiger partial charge in [-0.2, -0.15) is 9.61 Å². The van der Waals surface area contributed by atoms with Crippen LogP contribution in [0.4, 0.5) is 10.6 Å². The highest BCUT2D eigenvalue weighted by molar-refractivity contribution is 9.10. The van der Waals surface area contributed by atoms with E-state index in [1.807, 2.05) is 48.0 Å². The van der Waals surface area contributed by atoms with E-state index in [1.165, 1.54) is 0 Å². The van der Waals surface area contributed by atoms with Gasteiger partial charge in [-0.3, -0.25) is 4.98 Å². The number of piperidine rings is 1. The molecule has 31 heavy (non-hydrogen) atoms. The third-order valence-corrected chi connectivity index (χ3v) is 6.33. The second kappa shape index (κ2) is 9.64. The van der Waals surface area contributed by atoms with E-state index in [-0.39, 0.29) is 12.1 Å². The zero-order valence-corrected chi connectivity index (χ0v) is 19.5. The lowest BCUT2D eigenvalue weighted by molar-refractivity contribution is 0.117. The lowest BCUT2D eigenvalue weighted by Gasteiger charge is -2.38. The van der Waals surface area contributed by atoms with Gasteiger partial charge in [0.15, 0.2) is 5.65 Å². The molecule has 3 aromatic rings. The van der Waals surface area contributed by atoms with Crippen molar-refractivity contribution >= 4 is 33.4 Å². The number of carbonyl (C=O) groups is 1. The Hall–Kier alpha value is -2.68. The maximum Gasteiger partial charge on any atom is 0.320 e. The largest absolute Gasteiger partial charge is 0.366 e. The van der Waals surface area contributed by atoms with E-state index >= 15 is 0 Å². The summed E-state index contributed by atoms with van der Waals surface area (Å²) in [7, 11) is 0. The molecule has 1 aliphatic heterocycles. The zero-order chi connectivity index (χ0) is 21.8. The lowest BCUT2D eigenvalue weighted by Crippen LogP contribution is -2.47. The molecular weight excluding hydrogens is 458 g/mol. The van der Waals surface area contributed by atoms with Gasteiger partial charge in [-0.15, -0.1) is 0 Å². The number of pyridine rings is 1. The number of rotatable bonds is 6. The van der Waals surface area contributed by atoms with E-state index < -0.39 is 0 Å². The SMILES string of the molecule is CCN(CC)C(=O)N1CCCCC1c1cc(NCc2cccnc2)n2ncc(Br)c2n1. The van der Waals surface area contributed by atoms with Crippen LogP contribution in [0.1, 0.15) is 50.4 Å². The summed E-state index contributed by atoms with van der Waals surface area (Å²) in [5, 5.41) is 7.94. The van der Waals surface area contributed by atoms with Crippen LogP contribution in [0.15, 0.2) is 41.3 Å². The zero-order valence-electron chi connectivity index (χ0n) is 18.0. The monoisotopic (exact) mass is 485 g/mol. The smallest absolute Gasteiger partial charge is 0.320 e. The minimum atomic E-state index is -0.0485. The van der Waals surface area contributed by atoms with E-state index in [1.54, 1.807) is 16.9 Å². The number of nitrogens with zero attached hydrogens (tertiary/aromatic N) is 6. The number of halogens is 1. The molecular formula is C22H28BrN7O. The van der Waals surface area contributed by atoms with E-state index in [0.29, 0.717) is 19.6 Å². The highest BCUT2D eigenvalue weighted by atomic mass is 79.9. The maximum atomic E-state index is 13.2. The van der Waals surface area contributed by atoms with Crippen LogP contribution in [-0.2, 0) is 6.54 Å². The average molecular weight is 486 g/mol. The molecule has 1 unspecified atom stereocenters. The molecule has 1 fully saturated rings. The molecule has 1 atom stereocenters. The summed E-state index contributed by atoms with van der Waals surface area (Å²) in [6.07, 6.45) is 8.37. The van der Waals surface area contributed by atoms with Crippen LogP contribution >= 0.6 is 15.9 Å². The molecule has 1 aliphatic rings. The molecule has 0 spiro atoms. The number of fused-ring (bicyclic) bond motifs is 1. The number of hydrogen-bond donors (Lipinski definition) is 1. The summed E-state index contributed by atoms with van der Waals surface area (Å²) >= 11 is 3.57. The molecule has 4 rings (SSSR count). The number of hydrogen-bond acceptors (Lipinski definition) is 5. The molecule has 1 saturated heterocycles. The summed E-state index contributed by atoms with van der Waals surface area (Å²) in [5.41, 5.74) is 2.71. The fraction of sp³-hybridized carbons (Fsp3) is 0.455. The van der Waals surface area contributed by atoms with Crippen molar-refractivity contribution in [1.29, 1.82) is 0 Å². The Labute approximate surface area is 190 Å². The first kappa shape index (κ1) is 21.5. The summed E-state index contributed by atoms with van der Waals surface area (Å²) in [6.45, 7) is 6.83. The number of likely N-dealkylation sites (tertiary alicyclic amines) is 1. The Bertz CT molecular complexity index is 1040. The third-order valence-electron chi connectivity index (χ3n) is 5.77. The van der Waals surface area contributed by atoms with E-state index in [9.17, 15) is 4.79 Å². The molecule has 164 valence electrons. The Morgan fingerprint density at radius 3 is 2.87 bits per heavy atom. The minimum Gasteiger partial charge on any atom is -0.366 e. The van der Waals surface area contributed by atoms with Gasteiger partial charge in [-0.05, 0) is 60.7 Å². The van der Waals surface area contributed by atoms with Gasteiger partial charge in [0.25, 0.3) is 0 Å². The van der Waals surface area contributed by atoms with Gasteiger partial charge in [0.05, 0.1) is 22.4 Å². The molecule has 4 heterocycles. The van der Waals surface area contributed by atoms with Crippen molar-refractivity contribution in [2.24, 2.45) is 0 Å². The van der Waals surface area contributed by atoms with Crippen LogP contribution in [0.2, 0.25) is 0 Å². The Morgan fingerprint density at radius 2 is 2.13 bits per heavy atom. The van der Waals surface area contributed by atoms with Gasteiger partial charge >= 0.3 is 6.03 Å². The number of urea groups is 1. The van der Waals surface area contributed by atoms with Crippen LogP contribution < -0.4 is 5.32 Å². The van der Waals surface area contributed by atoms with Gasteiger partial charge < -0.3 is 15.1 Å². The second-order valence-corrected chi connectivity index (χ2v) is 8.52. The van der Waals surface area contributed by atoms with Crippen molar-refractivity contribution < 1.29 is 4.79 Å². The molecule has 2 amide bonds. The average Bonchev–Trinajstić information content (AvgIpc) is 3.19. The second-order valence-electron chi connectivity index (χ2n) is 7.67. The molecule has 8 nitrogen and oxygen atoms in total.